The molecular formula is C15H15NO2S. The molecule has 98 valence electrons. The molecule has 2 aromatic rings. The number of benzene rings is 1. The van der Waals surface area contributed by atoms with E-state index in [9.17, 15) is 4.79 Å². The van der Waals surface area contributed by atoms with Crippen molar-refractivity contribution in [2.24, 2.45) is 0 Å². The molecule has 0 aliphatic rings. The van der Waals surface area contributed by atoms with Gasteiger partial charge < -0.3 is 10.0 Å². The molecule has 1 aromatic carbocycles. The van der Waals surface area contributed by atoms with Crippen LogP contribution in [0.2, 0.25) is 0 Å². The Hall–Kier alpha value is -2.07. The minimum Gasteiger partial charge on any atom is -0.477 e. The van der Waals surface area contributed by atoms with Gasteiger partial charge in [0.2, 0.25) is 0 Å². The predicted molar refractivity (Wildman–Crippen MR) is 81.0 cm³/mol. The van der Waals surface area contributed by atoms with Crippen LogP contribution in [-0.4, -0.2) is 25.2 Å². The molecule has 0 bridgehead atoms. The highest BCUT2D eigenvalue weighted by molar-refractivity contribution is 7.14. The molecule has 4 heteroatoms. The zero-order valence-electron chi connectivity index (χ0n) is 10.8. The van der Waals surface area contributed by atoms with Crippen molar-refractivity contribution in [1.29, 1.82) is 0 Å². The molecular weight excluding hydrogens is 258 g/mol. The second-order valence-corrected chi connectivity index (χ2v) is 5.44. The van der Waals surface area contributed by atoms with E-state index < -0.39 is 5.97 Å². The van der Waals surface area contributed by atoms with Crippen LogP contribution in [0, 0.1) is 0 Å². The molecule has 0 spiro atoms. The number of hydrogen-bond acceptors (Lipinski definition) is 3. The van der Waals surface area contributed by atoms with Gasteiger partial charge in [-0.3, -0.25) is 0 Å². The summed E-state index contributed by atoms with van der Waals surface area (Å²) in [6, 6.07) is 11.6. The van der Waals surface area contributed by atoms with E-state index in [1.807, 2.05) is 49.3 Å². The van der Waals surface area contributed by atoms with Crippen molar-refractivity contribution in [2.75, 3.05) is 19.0 Å². The van der Waals surface area contributed by atoms with E-state index in [4.69, 9.17) is 5.11 Å². The molecule has 0 aliphatic heterocycles. The van der Waals surface area contributed by atoms with Crippen LogP contribution in [0.4, 0.5) is 5.69 Å². The van der Waals surface area contributed by atoms with Gasteiger partial charge in [0.25, 0.3) is 0 Å². The Morgan fingerprint density at radius 2 is 1.79 bits per heavy atom. The largest absolute Gasteiger partial charge is 0.477 e. The lowest BCUT2D eigenvalue weighted by Crippen LogP contribution is -2.07. The van der Waals surface area contributed by atoms with Crippen LogP contribution in [0.3, 0.4) is 0 Å². The molecule has 0 unspecified atom stereocenters. The molecule has 0 amide bonds. The normalized spacial score (nSPS) is 10.8. The zero-order chi connectivity index (χ0) is 13.8. The Balaban J connectivity index is 2.11. The molecule has 1 heterocycles. The fraction of sp³-hybridized carbons (Fsp3) is 0.133. The summed E-state index contributed by atoms with van der Waals surface area (Å²) in [7, 11) is 4.01. The summed E-state index contributed by atoms with van der Waals surface area (Å²) >= 11 is 1.27. The Labute approximate surface area is 116 Å². The van der Waals surface area contributed by atoms with Gasteiger partial charge in [-0.2, -0.15) is 0 Å². The molecule has 2 rings (SSSR count). The standard InChI is InChI=1S/C15H15NO2S/c1-16(2)12-6-3-11(4-7-12)5-8-13-9-10-14(19-13)15(17)18/h3-10H,1-2H3,(H,17,18)/b8-5+. The molecule has 0 fully saturated rings. The van der Waals surface area contributed by atoms with Gasteiger partial charge in [-0.05, 0) is 35.9 Å². The first-order valence-electron chi connectivity index (χ1n) is 5.85. The van der Waals surface area contributed by atoms with E-state index >= 15 is 0 Å². The zero-order valence-corrected chi connectivity index (χ0v) is 11.6. The van der Waals surface area contributed by atoms with Gasteiger partial charge in [-0.15, -0.1) is 11.3 Å². The van der Waals surface area contributed by atoms with Crippen molar-refractivity contribution < 1.29 is 9.90 Å². The molecule has 0 radical (unpaired) electrons. The maximum atomic E-state index is 10.8. The number of nitrogens with zero attached hydrogens (tertiary/aromatic N) is 1. The van der Waals surface area contributed by atoms with Gasteiger partial charge in [0, 0.05) is 24.7 Å². The quantitative estimate of drug-likeness (QED) is 0.923. The summed E-state index contributed by atoms with van der Waals surface area (Å²) < 4.78 is 0. The topological polar surface area (TPSA) is 40.5 Å². The van der Waals surface area contributed by atoms with Gasteiger partial charge in [0.1, 0.15) is 4.88 Å². The molecule has 19 heavy (non-hydrogen) atoms. The van der Waals surface area contributed by atoms with E-state index in [0.29, 0.717) is 4.88 Å². The Morgan fingerprint density at radius 3 is 2.32 bits per heavy atom. The minimum absolute atomic E-state index is 0.364. The second-order valence-electron chi connectivity index (χ2n) is 4.33. The monoisotopic (exact) mass is 273 g/mol. The second kappa shape index (κ2) is 5.71. The highest BCUT2D eigenvalue weighted by atomic mass is 32.1. The molecule has 3 nitrogen and oxygen atoms in total. The summed E-state index contributed by atoms with van der Waals surface area (Å²) in [5.41, 5.74) is 2.25. The number of rotatable bonds is 4. The van der Waals surface area contributed by atoms with Crippen LogP contribution in [0.5, 0.6) is 0 Å². The van der Waals surface area contributed by atoms with Gasteiger partial charge in [0.15, 0.2) is 0 Å². The Kier molecular flexibility index (Phi) is 4.02. The van der Waals surface area contributed by atoms with Crippen LogP contribution in [0.15, 0.2) is 36.4 Å². The smallest absolute Gasteiger partial charge is 0.345 e. The molecule has 0 saturated heterocycles. The molecule has 1 aromatic heterocycles. The number of carboxylic acids is 1. The van der Waals surface area contributed by atoms with Crippen molar-refractivity contribution in [2.45, 2.75) is 0 Å². The number of hydrogen-bond donors (Lipinski definition) is 1. The first-order valence-corrected chi connectivity index (χ1v) is 6.66. The number of carbonyl (C=O) groups is 1. The van der Waals surface area contributed by atoms with Crippen molar-refractivity contribution >= 4 is 35.1 Å². The number of anilines is 1. The van der Waals surface area contributed by atoms with Gasteiger partial charge in [-0.25, -0.2) is 4.79 Å². The van der Waals surface area contributed by atoms with Crippen molar-refractivity contribution in [3.05, 3.63) is 51.7 Å². The maximum absolute atomic E-state index is 10.8. The lowest BCUT2D eigenvalue weighted by molar-refractivity contribution is 0.0702. The first kappa shape index (κ1) is 13.4. The van der Waals surface area contributed by atoms with E-state index in [2.05, 4.69) is 12.1 Å². The van der Waals surface area contributed by atoms with Gasteiger partial charge >= 0.3 is 5.97 Å². The summed E-state index contributed by atoms with van der Waals surface area (Å²) in [4.78, 5) is 14.1. The lowest BCUT2D eigenvalue weighted by Gasteiger charge is -2.11. The molecule has 0 atom stereocenters. The fourth-order valence-electron chi connectivity index (χ4n) is 1.62. The van der Waals surface area contributed by atoms with Crippen LogP contribution in [0.25, 0.3) is 12.2 Å². The molecule has 1 N–H and O–H groups in total. The van der Waals surface area contributed by atoms with E-state index in [1.54, 1.807) is 6.07 Å². The van der Waals surface area contributed by atoms with Crippen molar-refractivity contribution in [3.63, 3.8) is 0 Å². The van der Waals surface area contributed by atoms with Gasteiger partial charge in [-0.1, -0.05) is 18.2 Å². The maximum Gasteiger partial charge on any atom is 0.345 e. The summed E-state index contributed by atoms with van der Waals surface area (Å²) in [6.45, 7) is 0. The Morgan fingerprint density at radius 1 is 1.11 bits per heavy atom. The van der Waals surface area contributed by atoms with Crippen LogP contribution in [0.1, 0.15) is 20.1 Å². The number of aromatic carboxylic acids is 1. The third-order valence-corrected chi connectivity index (χ3v) is 3.73. The summed E-state index contributed by atoms with van der Waals surface area (Å²) in [6.07, 6.45) is 3.92. The third-order valence-electron chi connectivity index (χ3n) is 2.69. The van der Waals surface area contributed by atoms with Crippen LogP contribution < -0.4 is 4.90 Å². The van der Waals surface area contributed by atoms with E-state index in [1.165, 1.54) is 11.3 Å². The lowest BCUT2D eigenvalue weighted by atomic mass is 10.2. The number of carboxylic acid groups (broad SMARTS) is 1. The fourth-order valence-corrected chi connectivity index (χ4v) is 2.37. The predicted octanol–water partition coefficient (Wildman–Crippen LogP) is 3.68. The highest BCUT2D eigenvalue weighted by Gasteiger charge is 2.04. The third kappa shape index (κ3) is 3.45. The minimum atomic E-state index is -0.875. The SMILES string of the molecule is CN(C)c1ccc(/C=C/c2ccc(C(=O)O)s2)cc1. The van der Waals surface area contributed by atoms with Crippen LogP contribution in [-0.2, 0) is 0 Å². The highest BCUT2D eigenvalue weighted by Crippen LogP contribution is 2.20. The first-order chi connectivity index (χ1) is 9.06. The average molecular weight is 273 g/mol. The molecule has 0 saturated carbocycles. The van der Waals surface area contributed by atoms with Crippen molar-refractivity contribution in [3.8, 4) is 0 Å². The van der Waals surface area contributed by atoms with Crippen LogP contribution >= 0.6 is 11.3 Å². The Bertz CT molecular complexity index is 597. The number of thiophene rings is 1. The summed E-state index contributed by atoms with van der Waals surface area (Å²) in [5.74, 6) is -0.875. The van der Waals surface area contributed by atoms with Crippen molar-refractivity contribution in [1.82, 2.24) is 0 Å². The average Bonchev–Trinajstić information content (AvgIpc) is 2.86. The molecule has 0 aliphatic carbocycles. The van der Waals surface area contributed by atoms with E-state index in [0.717, 1.165) is 16.1 Å². The summed E-state index contributed by atoms with van der Waals surface area (Å²) in [5, 5.41) is 8.85. The van der Waals surface area contributed by atoms with E-state index in [-0.39, 0.29) is 0 Å². The van der Waals surface area contributed by atoms with Gasteiger partial charge in [0.05, 0.1) is 0 Å².